The molecule has 17 heavy (non-hydrogen) atoms. The van der Waals surface area contributed by atoms with E-state index in [-0.39, 0.29) is 17.9 Å². The van der Waals surface area contributed by atoms with Crippen molar-refractivity contribution in [3.05, 3.63) is 0 Å². The van der Waals surface area contributed by atoms with Gasteiger partial charge in [-0.15, -0.1) is 0 Å². The van der Waals surface area contributed by atoms with Crippen molar-refractivity contribution in [1.29, 1.82) is 0 Å². The highest BCUT2D eigenvalue weighted by atomic mass is 16.2. The van der Waals surface area contributed by atoms with Crippen molar-refractivity contribution in [2.75, 3.05) is 13.1 Å². The lowest BCUT2D eigenvalue weighted by Gasteiger charge is -2.41. The van der Waals surface area contributed by atoms with Crippen LogP contribution in [0.5, 0.6) is 0 Å². The van der Waals surface area contributed by atoms with Gasteiger partial charge in [-0.3, -0.25) is 9.59 Å². The number of nitrogens with zero attached hydrogens (tertiary/aromatic N) is 1. The first-order valence-corrected chi connectivity index (χ1v) is 6.24. The fourth-order valence-corrected chi connectivity index (χ4v) is 2.14. The molecule has 1 saturated heterocycles. The molecule has 0 aromatic carbocycles. The van der Waals surface area contributed by atoms with E-state index in [0.717, 1.165) is 12.8 Å². The number of rotatable bonds is 4. The molecule has 1 rings (SSSR count). The number of nitrogens with two attached hydrogens (primary N) is 1. The Morgan fingerprint density at radius 1 is 1.59 bits per heavy atom. The Morgan fingerprint density at radius 2 is 2.24 bits per heavy atom. The van der Waals surface area contributed by atoms with Crippen molar-refractivity contribution in [2.45, 2.75) is 51.6 Å². The maximum Gasteiger partial charge on any atom is 0.245 e. The Morgan fingerprint density at radius 3 is 2.82 bits per heavy atom. The van der Waals surface area contributed by atoms with Gasteiger partial charge in [0, 0.05) is 25.6 Å². The average Bonchev–Trinajstić information content (AvgIpc) is 2.22. The van der Waals surface area contributed by atoms with Crippen molar-refractivity contribution in [1.82, 2.24) is 10.2 Å². The molecule has 5 heteroatoms. The minimum atomic E-state index is -0.763. The molecular formula is C12H23N3O2. The number of carbonyl (C=O) groups excluding carboxylic acids is 2. The van der Waals surface area contributed by atoms with E-state index in [9.17, 15) is 9.59 Å². The average molecular weight is 241 g/mol. The number of hydrogen-bond donors (Lipinski definition) is 2. The van der Waals surface area contributed by atoms with Crippen LogP contribution >= 0.6 is 0 Å². The van der Waals surface area contributed by atoms with E-state index in [1.165, 1.54) is 0 Å². The summed E-state index contributed by atoms with van der Waals surface area (Å²) >= 11 is 0. The lowest BCUT2D eigenvalue weighted by atomic mass is 9.97. The molecule has 0 radical (unpaired) electrons. The van der Waals surface area contributed by atoms with E-state index in [0.29, 0.717) is 19.5 Å². The largest absolute Gasteiger partial charge is 0.352 e. The molecule has 1 heterocycles. The number of amides is 2. The van der Waals surface area contributed by atoms with E-state index in [4.69, 9.17) is 5.73 Å². The zero-order valence-electron chi connectivity index (χ0n) is 11.0. The summed E-state index contributed by atoms with van der Waals surface area (Å²) in [5, 5.41) is 2.77. The van der Waals surface area contributed by atoms with Crippen LogP contribution in [0.25, 0.3) is 0 Å². The molecule has 2 amide bonds. The van der Waals surface area contributed by atoms with E-state index in [2.05, 4.69) is 5.32 Å². The summed E-state index contributed by atoms with van der Waals surface area (Å²) in [6.07, 6.45) is 2.13. The SMILES string of the molecule is CCCC(N)CC(=O)N1CCNC(=O)C1(C)C. The van der Waals surface area contributed by atoms with Crippen molar-refractivity contribution in [3.63, 3.8) is 0 Å². The fourth-order valence-electron chi connectivity index (χ4n) is 2.14. The van der Waals surface area contributed by atoms with Crippen molar-refractivity contribution < 1.29 is 9.59 Å². The van der Waals surface area contributed by atoms with Gasteiger partial charge in [-0.2, -0.15) is 0 Å². The minimum Gasteiger partial charge on any atom is -0.352 e. The van der Waals surface area contributed by atoms with Crippen LogP contribution < -0.4 is 11.1 Å². The predicted molar refractivity (Wildman–Crippen MR) is 66.3 cm³/mol. The van der Waals surface area contributed by atoms with Gasteiger partial charge in [0.25, 0.3) is 0 Å². The highest BCUT2D eigenvalue weighted by molar-refractivity contribution is 5.91. The molecule has 0 aromatic rings. The van der Waals surface area contributed by atoms with Crippen LogP contribution in [0.1, 0.15) is 40.0 Å². The van der Waals surface area contributed by atoms with Crippen LogP contribution in [-0.2, 0) is 9.59 Å². The molecule has 0 bridgehead atoms. The Hall–Kier alpha value is -1.10. The number of nitrogens with one attached hydrogen (secondary N) is 1. The van der Waals surface area contributed by atoms with Crippen molar-refractivity contribution >= 4 is 11.8 Å². The van der Waals surface area contributed by atoms with Gasteiger partial charge in [-0.05, 0) is 20.3 Å². The highest BCUT2D eigenvalue weighted by Crippen LogP contribution is 2.19. The molecule has 5 nitrogen and oxygen atoms in total. The second-order valence-electron chi connectivity index (χ2n) is 5.11. The van der Waals surface area contributed by atoms with Gasteiger partial charge in [0.15, 0.2) is 0 Å². The lowest BCUT2D eigenvalue weighted by molar-refractivity contribution is -0.149. The summed E-state index contributed by atoms with van der Waals surface area (Å²) in [7, 11) is 0. The Kier molecular flexibility index (Phi) is 4.51. The second-order valence-corrected chi connectivity index (χ2v) is 5.11. The second kappa shape index (κ2) is 5.49. The first kappa shape index (κ1) is 14.0. The Balaban J connectivity index is 2.64. The quantitative estimate of drug-likeness (QED) is 0.740. The summed E-state index contributed by atoms with van der Waals surface area (Å²) in [4.78, 5) is 25.5. The first-order chi connectivity index (χ1) is 7.89. The predicted octanol–water partition coefficient (Wildman–Crippen LogP) is 0.241. The molecule has 3 N–H and O–H groups in total. The third kappa shape index (κ3) is 3.19. The number of hydrogen-bond acceptors (Lipinski definition) is 3. The molecule has 0 spiro atoms. The number of carbonyl (C=O) groups is 2. The smallest absolute Gasteiger partial charge is 0.245 e. The minimum absolute atomic E-state index is 0.0224. The molecule has 0 aromatic heterocycles. The molecule has 0 saturated carbocycles. The van der Waals surface area contributed by atoms with E-state index in [1.807, 2.05) is 6.92 Å². The van der Waals surface area contributed by atoms with Gasteiger partial charge in [0.1, 0.15) is 5.54 Å². The van der Waals surface area contributed by atoms with Gasteiger partial charge in [0.2, 0.25) is 11.8 Å². The summed E-state index contributed by atoms with van der Waals surface area (Å²) in [5.41, 5.74) is 5.10. The van der Waals surface area contributed by atoms with Crippen LogP contribution in [0.15, 0.2) is 0 Å². The van der Waals surface area contributed by atoms with Gasteiger partial charge >= 0.3 is 0 Å². The van der Waals surface area contributed by atoms with Crippen LogP contribution in [0, 0.1) is 0 Å². The van der Waals surface area contributed by atoms with Crippen molar-refractivity contribution in [2.24, 2.45) is 5.73 Å². The molecule has 0 aliphatic carbocycles. The van der Waals surface area contributed by atoms with E-state index in [1.54, 1.807) is 18.7 Å². The van der Waals surface area contributed by atoms with Crippen LogP contribution in [0.2, 0.25) is 0 Å². The third-order valence-electron chi connectivity index (χ3n) is 3.25. The first-order valence-electron chi connectivity index (χ1n) is 6.24. The number of piperazine rings is 1. The van der Waals surface area contributed by atoms with Crippen molar-refractivity contribution in [3.8, 4) is 0 Å². The Labute approximate surface area is 103 Å². The van der Waals surface area contributed by atoms with E-state index >= 15 is 0 Å². The zero-order chi connectivity index (χ0) is 13.1. The summed E-state index contributed by atoms with van der Waals surface area (Å²) in [6.45, 7) is 6.67. The van der Waals surface area contributed by atoms with Gasteiger partial charge in [-0.25, -0.2) is 0 Å². The summed E-state index contributed by atoms with van der Waals surface area (Å²) < 4.78 is 0. The Bertz CT molecular complexity index is 302. The highest BCUT2D eigenvalue weighted by Gasteiger charge is 2.40. The maximum absolute atomic E-state index is 12.1. The molecule has 1 fully saturated rings. The third-order valence-corrected chi connectivity index (χ3v) is 3.25. The van der Waals surface area contributed by atoms with Crippen LogP contribution in [0.4, 0.5) is 0 Å². The molecule has 1 atom stereocenters. The lowest BCUT2D eigenvalue weighted by Crippen LogP contribution is -2.63. The van der Waals surface area contributed by atoms with Gasteiger partial charge in [0.05, 0.1) is 0 Å². The van der Waals surface area contributed by atoms with Crippen LogP contribution in [-0.4, -0.2) is 41.4 Å². The zero-order valence-corrected chi connectivity index (χ0v) is 11.0. The standard InChI is InChI=1S/C12H23N3O2/c1-4-5-9(13)8-10(16)15-7-6-14-11(17)12(15,2)3/h9H,4-8,13H2,1-3H3,(H,14,17). The van der Waals surface area contributed by atoms with Crippen LogP contribution in [0.3, 0.4) is 0 Å². The van der Waals surface area contributed by atoms with Gasteiger partial charge in [-0.1, -0.05) is 13.3 Å². The topological polar surface area (TPSA) is 75.4 Å². The molecule has 98 valence electrons. The normalized spacial score (nSPS) is 20.9. The van der Waals surface area contributed by atoms with E-state index < -0.39 is 5.54 Å². The fraction of sp³-hybridized carbons (Fsp3) is 0.833. The molecule has 1 aliphatic rings. The van der Waals surface area contributed by atoms with Gasteiger partial charge < -0.3 is 16.0 Å². The molecular weight excluding hydrogens is 218 g/mol. The molecule has 1 aliphatic heterocycles. The summed E-state index contributed by atoms with van der Waals surface area (Å²) in [5.74, 6) is -0.119. The summed E-state index contributed by atoms with van der Waals surface area (Å²) in [6, 6.07) is -0.103. The monoisotopic (exact) mass is 241 g/mol. The molecule has 1 unspecified atom stereocenters. The maximum atomic E-state index is 12.1.